The first-order valence-corrected chi connectivity index (χ1v) is 4.24. The lowest BCUT2D eigenvalue weighted by molar-refractivity contribution is -0.114. The van der Waals surface area contributed by atoms with Crippen LogP contribution in [-0.4, -0.2) is 12.6 Å². The van der Waals surface area contributed by atoms with Crippen molar-refractivity contribution in [1.82, 2.24) is 0 Å². The van der Waals surface area contributed by atoms with Crippen molar-refractivity contribution < 1.29 is 4.79 Å². The number of benzene rings is 1. The molecule has 14 heavy (non-hydrogen) atoms. The number of amides is 1. The third kappa shape index (κ3) is 2.63. The zero-order chi connectivity index (χ0) is 10.6. The van der Waals surface area contributed by atoms with Gasteiger partial charge in [-0.1, -0.05) is 0 Å². The van der Waals surface area contributed by atoms with Crippen LogP contribution in [0.4, 0.5) is 17.1 Å². The molecule has 0 fully saturated rings. The topological polar surface area (TPSA) is 93.2 Å². The van der Waals surface area contributed by atoms with Crippen LogP contribution in [0.1, 0.15) is 6.92 Å². The van der Waals surface area contributed by atoms with Crippen LogP contribution >= 0.6 is 0 Å². The summed E-state index contributed by atoms with van der Waals surface area (Å²) in [6.07, 6.45) is 0. The summed E-state index contributed by atoms with van der Waals surface area (Å²) in [5.74, 6) is -0.117. The largest absolute Gasteiger partial charge is 0.397 e. The van der Waals surface area contributed by atoms with Crippen LogP contribution in [0, 0.1) is 0 Å². The van der Waals surface area contributed by atoms with Crippen LogP contribution in [-0.2, 0) is 4.79 Å². The van der Waals surface area contributed by atoms with Crippen LogP contribution in [0.3, 0.4) is 0 Å². The Morgan fingerprint density at radius 2 is 2.21 bits per heavy atom. The van der Waals surface area contributed by atoms with Crippen LogP contribution < -0.4 is 22.1 Å². The molecular weight excluding hydrogens is 180 g/mol. The molecule has 0 aliphatic carbocycles. The lowest BCUT2D eigenvalue weighted by Crippen LogP contribution is -2.13. The van der Waals surface area contributed by atoms with Gasteiger partial charge in [0.15, 0.2) is 0 Å². The smallest absolute Gasteiger partial charge is 0.221 e. The molecule has 0 spiro atoms. The van der Waals surface area contributed by atoms with E-state index >= 15 is 0 Å². The molecule has 0 aliphatic heterocycles. The van der Waals surface area contributed by atoms with Crippen LogP contribution in [0.15, 0.2) is 18.2 Å². The highest BCUT2D eigenvalue weighted by Crippen LogP contribution is 2.22. The fraction of sp³-hybridized carbons (Fsp3) is 0.222. The highest BCUT2D eigenvalue weighted by atomic mass is 16.1. The number of anilines is 3. The van der Waals surface area contributed by atoms with Gasteiger partial charge in [-0.25, -0.2) is 0 Å². The van der Waals surface area contributed by atoms with Crippen molar-refractivity contribution in [2.75, 3.05) is 23.0 Å². The predicted octanol–water partition coefficient (Wildman–Crippen LogP) is 0.555. The second-order valence-electron chi connectivity index (χ2n) is 2.86. The molecule has 0 bridgehead atoms. The predicted molar refractivity (Wildman–Crippen MR) is 57.8 cm³/mol. The van der Waals surface area contributed by atoms with E-state index in [1.54, 1.807) is 18.2 Å². The van der Waals surface area contributed by atoms with E-state index in [0.29, 0.717) is 18.0 Å². The first kappa shape index (κ1) is 10.3. The van der Waals surface area contributed by atoms with E-state index in [2.05, 4.69) is 10.6 Å². The van der Waals surface area contributed by atoms with Crippen molar-refractivity contribution in [3.05, 3.63) is 18.2 Å². The van der Waals surface area contributed by atoms with Crippen LogP contribution in [0.25, 0.3) is 0 Å². The van der Waals surface area contributed by atoms with Gasteiger partial charge in [0, 0.05) is 12.6 Å². The summed E-state index contributed by atoms with van der Waals surface area (Å²) in [5.41, 5.74) is 13.0. The lowest BCUT2D eigenvalue weighted by atomic mass is 10.2. The molecule has 0 saturated carbocycles. The molecule has 0 radical (unpaired) electrons. The summed E-state index contributed by atoms with van der Waals surface area (Å²) in [7, 11) is 0. The van der Waals surface area contributed by atoms with Crippen molar-refractivity contribution in [2.24, 2.45) is 5.73 Å². The fourth-order valence-electron chi connectivity index (χ4n) is 1.10. The number of hydrogen-bond acceptors (Lipinski definition) is 4. The SMILES string of the molecule is CC(=O)Nc1ccc(N)c(NCN)c1. The summed E-state index contributed by atoms with van der Waals surface area (Å²) in [6, 6.07) is 5.19. The highest BCUT2D eigenvalue weighted by molar-refractivity contribution is 5.90. The second kappa shape index (κ2) is 4.48. The summed E-state index contributed by atoms with van der Waals surface area (Å²) in [4.78, 5) is 10.8. The maximum Gasteiger partial charge on any atom is 0.221 e. The average molecular weight is 194 g/mol. The van der Waals surface area contributed by atoms with Gasteiger partial charge in [-0.3, -0.25) is 4.79 Å². The molecule has 1 rings (SSSR count). The first-order chi connectivity index (χ1) is 6.63. The third-order valence-electron chi connectivity index (χ3n) is 1.67. The van der Waals surface area contributed by atoms with E-state index in [1.165, 1.54) is 6.92 Å². The Hall–Kier alpha value is -1.75. The molecule has 6 N–H and O–H groups in total. The van der Waals surface area contributed by atoms with Crippen molar-refractivity contribution in [1.29, 1.82) is 0 Å². The highest BCUT2D eigenvalue weighted by Gasteiger charge is 2.00. The Bertz CT molecular complexity index is 338. The van der Waals surface area contributed by atoms with Gasteiger partial charge in [-0.15, -0.1) is 0 Å². The van der Waals surface area contributed by atoms with Gasteiger partial charge in [0.1, 0.15) is 0 Å². The average Bonchev–Trinajstić information content (AvgIpc) is 2.10. The van der Waals surface area contributed by atoms with Gasteiger partial charge < -0.3 is 22.1 Å². The van der Waals surface area contributed by atoms with Gasteiger partial charge in [-0.2, -0.15) is 0 Å². The van der Waals surface area contributed by atoms with E-state index < -0.39 is 0 Å². The molecule has 0 heterocycles. The molecule has 1 aromatic carbocycles. The van der Waals surface area contributed by atoms with Crippen LogP contribution in [0.5, 0.6) is 0 Å². The fourth-order valence-corrected chi connectivity index (χ4v) is 1.10. The number of nitrogens with two attached hydrogens (primary N) is 2. The van der Waals surface area contributed by atoms with Crippen LogP contribution in [0.2, 0.25) is 0 Å². The molecule has 5 heteroatoms. The normalized spacial score (nSPS) is 9.57. The number of hydrogen-bond donors (Lipinski definition) is 4. The van der Waals surface area contributed by atoms with Gasteiger partial charge in [0.05, 0.1) is 18.0 Å². The van der Waals surface area contributed by atoms with Gasteiger partial charge in [0.2, 0.25) is 5.91 Å². The molecule has 0 unspecified atom stereocenters. The number of rotatable bonds is 3. The summed E-state index contributed by atoms with van der Waals surface area (Å²) < 4.78 is 0. The van der Waals surface area contributed by atoms with E-state index in [4.69, 9.17) is 11.5 Å². The molecule has 0 aliphatic rings. The summed E-state index contributed by atoms with van der Waals surface area (Å²) in [5, 5.41) is 5.55. The molecule has 0 saturated heterocycles. The number of nitrogens with one attached hydrogen (secondary N) is 2. The lowest BCUT2D eigenvalue weighted by Gasteiger charge is -2.09. The Kier molecular flexibility index (Phi) is 3.30. The minimum absolute atomic E-state index is 0.117. The number of carbonyl (C=O) groups is 1. The standard InChI is InChI=1S/C9H14N4O/c1-6(14)13-7-2-3-8(11)9(4-7)12-5-10/h2-4,12H,5,10-11H2,1H3,(H,13,14). The maximum absolute atomic E-state index is 10.8. The van der Waals surface area contributed by atoms with E-state index in [-0.39, 0.29) is 5.91 Å². The minimum Gasteiger partial charge on any atom is -0.397 e. The molecular formula is C9H14N4O. The maximum atomic E-state index is 10.8. The molecule has 1 aromatic rings. The van der Waals surface area contributed by atoms with Crippen molar-refractivity contribution in [3.63, 3.8) is 0 Å². The molecule has 5 nitrogen and oxygen atoms in total. The second-order valence-corrected chi connectivity index (χ2v) is 2.86. The Balaban J connectivity index is 2.88. The van der Waals surface area contributed by atoms with Crippen molar-refractivity contribution in [3.8, 4) is 0 Å². The number of carbonyl (C=O) groups excluding carboxylic acids is 1. The van der Waals surface area contributed by atoms with E-state index in [9.17, 15) is 4.79 Å². The molecule has 0 atom stereocenters. The zero-order valence-electron chi connectivity index (χ0n) is 8.00. The first-order valence-electron chi connectivity index (χ1n) is 4.24. The quantitative estimate of drug-likeness (QED) is 0.417. The molecule has 76 valence electrons. The third-order valence-corrected chi connectivity index (χ3v) is 1.67. The van der Waals surface area contributed by atoms with Crippen molar-refractivity contribution in [2.45, 2.75) is 6.92 Å². The van der Waals surface area contributed by atoms with E-state index in [0.717, 1.165) is 5.69 Å². The Morgan fingerprint density at radius 1 is 1.50 bits per heavy atom. The minimum atomic E-state index is -0.117. The van der Waals surface area contributed by atoms with Gasteiger partial charge in [0.25, 0.3) is 0 Å². The summed E-state index contributed by atoms with van der Waals surface area (Å²) >= 11 is 0. The molecule has 0 aromatic heterocycles. The summed E-state index contributed by atoms with van der Waals surface area (Å²) in [6.45, 7) is 1.75. The zero-order valence-corrected chi connectivity index (χ0v) is 8.00. The van der Waals surface area contributed by atoms with Gasteiger partial charge >= 0.3 is 0 Å². The molecule has 1 amide bonds. The Morgan fingerprint density at radius 3 is 2.79 bits per heavy atom. The van der Waals surface area contributed by atoms with Gasteiger partial charge in [-0.05, 0) is 18.2 Å². The number of nitrogen functional groups attached to an aromatic ring is 1. The monoisotopic (exact) mass is 194 g/mol. The van der Waals surface area contributed by atoms with Crippen molar-refractivity contribution >= 4 is 23.0 Å². The van der Waals surface area contributed by atoms with E-state index in [1.807, 2.05) is 0 Å². The Labute approximate surface area is 82.5 Å².